The molecule has 2 aromatic rings. The summed E-state index contributed by atoms with van der Waals surface area (Å²) in [4.78, 5) is 2.51. The number of ether oxygens (including phenoxy) is 3. The predicted octanol–water partition coefficient (Wildman–Crippen LogP) is 3.56. The van der Waals surface area contributed by atoms with Crippen LogP contribution in [0.3, 0.4) is 0 Å². The van der Waals surface area contributed by atoms with Crippen molar-refractivity contribution in [3.8, 4) is 17.2 Å². The van der Waals surface area contributed by atoms with Gasteiger partial charge in [-0.25, -0.2) is 0 Å². The molecule has 1 saturated heterocycles. The number of aromatic nitrogens is 2. The van der Waals surface area contributed by atoms with Crippen molar-refractivity contribution in [2.45, 2.75) is 38.3 Å². The van der Waals surface area contributed by atoms with E-state index < -0.39 is 0 Å². The Labute approximate surface area is 155 Å². The molecule has 0 radical (unpaired) electrons. The van der Waals surface area contributed by atoms with E-state index in [9.17, 15) is 0 Å². The summed E-state index contributed by atoms with van der Waals surface area (Å²) in [7, 11) is 6.94. The standard InChI is InChI=1S/C20H29N3O3/c1-22-13-11-16(21-22)17-8-6-5-7-12-23(17)14-15-9-10-18(24-2)20(26-4)19(15)25-3/h9-11,13,17H,5-8,12,14H2,1-4H3/t17-/m0/s1. The van der Waals surface area contributed by atoms with Crippen LogP contribution in [0.1, 0.15) is 43.0 Å². The molecule has 0 unspecified atom stereocenters. The van der Waals surface area contributed by atoms with Crippen molar-refractivity contribution in [3.05, 3.63) is 35.7 Å². The van der Waals surface area contributed by atoms with E-state index in [1.165, 1.54) is 19.3 Å². The van der Waals surface area contributed by atoms with Crippen molar-refractivity contribution >= 4 is 0 Å². The maximum absolute atomic E-state index is 5.68. The van der Waals surface area contributed by atoms with Crippen LogP contribution in [0.15, 0.2) is 24.4 Å². The van der Waals surface area contributed by atoms with Gasteiger partial charge in [0, 0.05) is 25.4 Å². The molecule has 2 heterocycles. The molecule has 0 N–H and O–H groups in total. The molecule has 0 amide bonds. The summed E-state index contributed by atoms with van der Waals surface area (Å²) in [5, 5.41) is 4.67. The van der Waals surface area contributed by atoms with Gasteiger partial charge in [0.2, 0.25) is 5.75 Å². The topological polar surface area (TPSA) is 48.8 Å². The van der Waals surface area contributed by atoms with E-state index in [4.69, 9.17) is 14.2 Å². The summed E-state index contributed by atoms with van der Waals surface area (Å²) in [5.74, 6) is 2.08. The summed E-state index contributed by atoms with van der Waals surface area (Å²) >= 11 is 0. The lowest BCUT2D eigenvalue weighted by atomic mass is 10.1. The fraction of sp³-hybridized carbons (Fsp3) is 0.550. The van der Waals surface area contributed by atoms with Crippen LogP contribution < -0.4 is 14.2 Å². The Balaban J connectivity index is 1.92. The monoisotopic (exact) mass is 359 g/mol. The Morgan fingerprint density at radius 2 is 1.81 bits per heavy atom. The average molecular weight is 359 g/mol. The smallest absolute Gasteiger partial charge is 0.203 e. The van der Waals surface area contributed by atoms with E-state index >= 15 is 0 Å². The summed E-state index contributed by atoms with van der Waals surface area (Å²) in [6, 6.07) is 6.48. The van der Waals surface area contributed by atoms with Crippen LogP contribution in [0.25, 0.3) is 0 Å². The maximum atomic E-state index is 5.68. The fourth-order valence-corrected chi connectivity index (χ4v) is 3.81. The van der Waals surface area contributed by atoms with E-state index in [-0.39, 0.29) is 0 Å². The second kappa shape index (κ2) is 8.45. The van der Waals surface area contributed by atoms with Crippen LogP contribution in [0, 0.1) is 0 Å². The zero-order valence-corrected chi connectivity index (χ0v) is 16.2. The third kappa shape index (κ3) is 3.80. The highest BCUT2D eigenvalue weighted by Crippen LogP contribution is 2.41. The molecule has 3 rings (SSSR count). The molecule has 6 nitrogen and oxygen atoms in total. The molecule has 0 saturated carbocycles. The second-order valence-corrected chi connectivity index (χ2v) is 6.74. The van der Waals surface area contributed by atoms with Gasteiger partial charge in [-0.3, -0.25) is 9.58 Å². The third-order valence-electron chi connectivity index (χ3n) is 5.10. The SMILES string of the molecule is COc1ccc(CN2CCCCC[C@H]2c2ccn(C)n2)c(OC)c1OC. The highest BCUT2D eigenvalue weighted by atomic mass is 16.5. The molecule has 1 aromatic carbocycles. The highest BCUT2D eigenvalue weighted by molar-refractivity contribution is 5.55. The average Bonchev–Trinajstić information content (AvgIpc) is 2.95. The number of hydrogen-bond donors (Lipinski definition) is 0. The lowest BCUT2D eigenvalue weighted by Gasteiger charge is -2.29. The normalized spacial score (nSPS) is 18.4. The van der Waals surface area contributed by atoms with Crippen LogP contribution in [-0.4, -0.2) is 42.6 Å². The lowest BCUT2D eigenvalue weighted by molar-refractivity contribution is 0.185. The Morgan fingerprint density at radius 3 is 2.46 bits per heavy atom. The molecule has 142 valence electrons. The van der Waals surface area contributed by atoms with Gasteiger partial charge in [0.25, 0.3) is 0 Å². The Bertz CT molecular complexity index is 729. The molecular formula is C20H29N3O3. The number of benzene rings is 1. The quantitative estimate of drug-likeness (QED) is 0.789. The van der Waals surface area contributed by atoms with Crippen molar-refractivity contribution < 1.29 is 14.2 Å². The first-order valence-corrected chi connectivity index (χ1v) is 9.19. The number of nitrogens with zero attached hydrogens (tertiary/aromatic N) is 3. The minimum Gasteiger partial charge on any atom is -0.493 e. The largest absolute Gasteiger partial charge is 0.493 e. The van der Waals surface area contributed by atoms with E-state index in [1.807, 2.05) is 24.0 Å². The van der Waals surface area contributed by atoms with Crippen molar-refractivity contribution in [3.63, 3.8) is 0 Å². The van der Waals surface area contributed by atoms with E-state index in [1.54, 1.807) is 21.3 Å². The summed E-state index contributed by atoms with van der Waals surface area (Å²) < 4.78 is 18.5. The molecule has 1 aliphatic heterocycles. The van der Waals surface area contributed by atoms with Gasteiger partial charge in [0.15, 0.2) is 11.5 Å². The first kappa shape index (κ1) is 18.6. The molecule has 0 aliphatic carbocycles. The molecular weight excluding hydrogens is 330 g/mol. The third-order valence-corrected chi connectivity index (χ3v) is 5.10. The number of methoxy groups -OCH3 is 3. The van der Waals surface area contributed by atoms with Gasteiger partial charge in [0.1, 0.15) is 0 Å². The highest BCUT2D eigenvalue weighted by Gasteiger charge is 2.26. The van der Waals surface area contributed by atoms with Crippen molar-refractivity contribution in [2.75, 3.05) is 27.9 Å². The zero-order chi connectivity index (χ0) is 18.5. The maximum Gasteiger partial charge on any atom is 0.203 e. The summed E-state index contributed by atoms with van der Waals surface area (Å²) in [6.07, 6.45) is 6.87. The summed E-state index contributed by atoms with van der Waals surface area (Å²) in [5.41, 5.74) is 2.25. The molecule has 1 aliphatic rings. The number of hydrogen-bond acceptors (Lipinski definition) is 5. The van der Waals surface area contributed by atoms with E-state index in [0.717, 1.165) is 36.5 Å². The van der Waals surface area contributed by atoms with Gasteiger partial charge in [0.05, 0.1) is 33.1 Å². The Hall–Kier alpha value is -2.21. The number of aryl methyl sites for hydroxylation is 1. The van der Waals surface area contributed by atoms with Crippen LogP contribution in [0.4, 0.5) is 0 Å². The van der Waals surface area contributed by atoms with Crippen LogP contribution in [-0.2, 0) is 13.6 Å². The number of likely N-dealkylation sites (tertiary alicyclic amines) is 1. The van der Waals surface area contributed by atoms with Crippen molar-refractivity contribution in [1.82, 2.24) is 14.7 Å². The molecule has 1 aromatic heterocycles. The Morgan fingerprint density at radius 1 is 1.00 bits per heavy atom. The number of rotatable bonds is 6. The van der Waals surface area contributed by atoms with E-state index in [2.05, 4.69) is 22.1 Å². The second-order valence-electron chi connectivity index (χ2n) is 6.74. The summed E-state index contributed by atoms with van der Waals surface area (Å²) in [6.45, 7) is 1.85. The molecule has 1 atom stereocenters. The van der Waals surface area contributed by atoms with Crippen molar-refractivity contribution in [2.24, 2.45) is 7.05 Å². The van der Waals surface area contributed by atoms with Gasteiger partial charge in [-0.05, 0) is 31.5 Å². The zero-order valence-electron chi connectivity index (χ0n) is 16.2. The molecule has 1 fully saturated rings. The minimum atomic E-state index is 0.330. The van der Waals surface area contributed by atoms with Crippen LogP contribution >= 0.6 is 0 Å². The predicted molar refractivity (Wildman–Crippen MR) is 101 cm³/mol. The van der Waals surface area contributed by atoms with Crippen molar-refractivity contribution in [1.29, 1.82) is 0 Å². The molecule has 0 bridgehead atoms. The first-order chi connectivity index (χ1) is 12.7. The molecule has 0 spiro atoms. The Kier molecular flexibility index (Phi) is 6.04. The van der Waals surface area contributed by atoms with Gasteiger partial charge < -0.3 is 14.2 Å². The van der Waals surface area contributed by atoms with Crippen LogP contribution in [0.2, 0.25) is 0 Å². The first-order valence-electron chi connectivity index (χ1n) is 9.19. The molecule has 6 heteroatoms. The van der Waals surface area contributed by atoms with Gasteiger partial charge in [-0.2, -0.15) is 5.10 Å². The fourth-order valence-electron chi connectivity index (χ4n) is 3.81. The van der Waals surface area contributed by atoms with Crippen LogP contribution in [0.5, 0.6) is 17.2 Å². The van der Waals surface area contributed by atoms with Gasteiger partial charge >= 0.3 is 0 Å². The minimum absolute atomic E-state index is 0.330. The van der Waals surface area contributed by atoms with Gasteiger partial charge in [-0.15, -0.1) is 0 Å². The lowest BCUT2D eigenvalue weighted by Crippen LogP contribution is -2.28. The van der Waals surface area contributed by atoms with E-state index in [0.29, 0.717) is 17.5 Å². The van der Waals surface area contributed by atoms with Gasteiger partial charge in [-0.1, -0.05) is 18.9 Å². The molecule has 26 heavy (non-hydrogen) atoms.